The Labute approximate surface area is 164 Å². The molecule has 158 valence electrons. The van der Waals surface area contributed by atoms with Crippen LogP contribution in [0.3, 0.4) is 0 Å². The number of nitrogens with one attached hydrogen (secondary N) is 3. The average molecular weight is 412 g/mol. The lowest BCUT2D eigenvalue weighted by molar-refractivity contribution is 0.0682. The molecule has 10 nitrogen and oxygen atoms in total. The second kappa shape index (κ2) is 8.99. The van der Waals surface area contributed by atoms with Gasteiger partial charge in [0.15, 0.2) is 5.82 Å². The predicted octanol–water partition coefficient (Wildman–Crippen LogP) is 2.09. The van der Waals surface area contributed by atoms with Gasteiger partial charge in [0.25, 0.3) is 12.3 Å². The van der Waals surface area contributed by atoms with Gasteiger partial charge >= 0.3 is 6.09 Å². The number of carbonyl (C=O) groups excluding carboxylic acids is 2. The van der Waals surface area contributed by atoms with Crippen molar-refractivity contribution in [2.24, 2.45) is 0 Å². The smallest absolute Gasteiger partial charge is 0.407 e. The number of rotatable bonds is 7. The predicted molar refractivity (Wildman–Crippen MR) is 96.6 cm³/mol. The molecule has 1 fully saturated rings. The van der Waals surface area contributed by atoms with Crippen molar-refractivity contribution in [1.29, 1.82) is 0 Å². The van der Waals surface area contributed by atoms with Crippen molar-refractivity contribution in [2.45, 2.75) is 51.5 Å². The second-order valence-corrected chi connectivity index (χ2v) is 6.84. The Morgan fingerprint density at radius 1 is 1.45 bits per heavy atom. The number of nitrogens with zero attached hydrogens (tertiary/aromatic N) is 3. The molecule has 3 N–H and O–H groups in total. The van der Waals surface area contributed by atoms with Crippen LogP contribution in [0.5, 0.6) is 0 Å². The first kappa shape index (κ1) is 20.7. The molecular weight excluding hydrogens is 390 g/mol. The van der Waals surface area contributed by atoms with Gasteiger partial charge in [0, 0.05) is 24.7 Å². The maximum Gasteiger partial charge on any atom is 0.407 e. The molecule has 0 spiro atoms. The minimum atomic E-state index is -2.63. The van der Waals surface area contributed by atoms with E-state index in [2.05, 4.69) is 25.9 Å². The number of alkyl halides is 2. The zero-order valence-corrected chi connectivity index (χ0v) is 15.9. The highest BCUT2D eigenvalue weighted by Crippen LogP contribution is 2.30. The van der Waals surface area contributed by atoms with Crippen LogP contribution in [0.4, 0.5) is 19.4 Å². The summed E-state index contributed by atoms with van der Waals surface area (Å²) >= 11 is 0. The average Bonchev–Trinajstić information content (AvgIpc) is 3.34. The summed E-state index contributed by atoms with van der Waals surface area (Å²) in [6.07, 6.45) is -2.21. The van der Waals surface area contributed by atoms with Crippen LogP contribution in [0.2, 0.25) is 0 Å². The molecule has 0 bridgehead atoms. The van der Waals surface area contributed by atoms with E-state index in [4.69, 9.17) is 9.47 Å². The summed E-state index contributed by atoms with van der Waals surface area (Å²) in [6, 6.07) is 2.89. The van der Waals surface area contributed by atoms with Crippen LogP contribution >= 0.6 is 0 Å². The first-order valence-corrected chi connectivity index (χ1v) is 9.07. The number of anilines is 1. The van der Waals surface area contributed by atoms with E-state index >= 15 is 0 Å². The lowest BCUT2D eigenvalue weighted by Crippen LogP contribution is -2.33. The Balaban J connectivity index is 1.55. The minimum absolute atomic E-state index is 0.00315. The quantitative estimate of drug-likeness (QED) is 0.640. The molecule has 0 saturated carbocycles. The molecule has 3 heterocycles. The molecule has 29 heavy (non-hydrogen) atoms. The first-order chi connectivity index (χ1) is 13.8. The van der Waals surface area contributed by atoms with Gasteiger partial charge in [-0.1, -0.05) is 0 Å². The van der Waals surface area contributed by atoms with Crippen molar-refractivity contribution in [3.63, 3.8) is 0 Å². The van der Waals surface area contributed by atoms with Gasteiger partial charge in [0.2, 0.25) is 0 Å². The van der Waals surface area contributed by atoms with Crippen LogP contribution in [0.1, 0.15) is 42.6 Å². The Bertz CT molecular complexity index is 853. The molecule has 0 aromatic carbocycles. The molecule has 2 aromatic heterocycles. The minimum Gasteiger partial charge on any atom is -0.444 e. The Kier molecular flexibility index (Phi) is 6.42. The zero-order chi connectivity index (χ0) is 21.0. The van der Waals surface area contributed by atoms with E-state index in [1.165, 1.54) is 12.3 Å². The third-order valence-electron chi connectivity index (χ3n) is 4.09. The molecule has 0 radical (unpaired) electrons. The van der Waals surface area contributed by atoms with Crippen LogP contribution in [-0.2, 0) is 16.0 Å². The van der Waals surface area contributed by atoms with Gasteiger partial charge < -0.3 is 20.1 Å². The summed E-state index contributed by atoms with van der Waals surface area (Å²) in [5.74, 6) is -0.402. The fourth-order valence-electron chi connectivity index (χ4n) is 2.87. The molecule has 1 saturated heterocycles. The van der Waals surface area contributed by atoms with Crippen LogP contribution in [-0.4, -0.2) is 57.2 Å². The molecule has 0 aliphatic carbocycles. The molecule has 0 unspecified atom stereocenters. The van der Waals surface area contributed by atoms with E-state index in [9.17, 15) is 18.4 Å². The van der Waals surface area contributed by atoms with Crippen LogP contribution in [0.15, 0.2) is 18.3 Å². The zero-order valence-electron chi connectivity index (χ0n) is 15.9. The van der Waals surface area contributed by atoms with Gasteiger partial charge in [-0.05, 0) is 19.9 Å². The standard InChI is InChI=1S/C17H22F2N6O4/c1-9(2)21-17(27)29-10-5-13(28-8-10)11-6-15(24-23-11)22-16(26)12-3-4-20-25(12)7-14(18)19/h3-4,6,9-10,13-14H,5,7-8H2,1-2H3,(H,21,27)(H2,22,23,24,26)/t10-,13-/m0/s1. The van der Waals surface area contributed by atoms with Gasteiger partial charge in [0.1, 0.15) is 24.4 Å². The molecule has 1 aliphatic rings. The Hall–Kier alpha value is -3.02. The van der Waals surface area contributed by atoms with Crippen molar-refractivity contribution in [3.05, 3.63) is 29.7 Å². The van der Waals surface area contributed by atoms with E-state index in [1.54, 1.807) is 6.07 Å². The van der Waals surface area contributed by atoms with Gasteiger partial charge in [0.05, 0.1) is 12.3 Å². The monoisotopic (exact) mass is 412 g/mol. The van der Waals surface area contributed by atoms with E-state index in [-0.39, 0.29) is 30.3 Å². The highest BCUT2D eigenvalue weighted by molar-refractivity contribution is 6.02. The summed E-state index contributed by atoms with van der Waals surface area (Å²) in [5.41, 5.74) is 0.591. The van der Waals surface area contributed by atoms with Gasteiger partial charge in [-0.2, -0.15) is 10.2 Å². The highest BCUT2D eigenvalue weighted by atomic mass is 19.3. The lowest BCUT2D eigenvalue weighted by atomic mass is 10.1. The van der Waals surface area contributed by atoms with Crippen molar-refractivity contribution in [3.8, 4) is 0 Å². The molecule has 2 amide bonds. The second-order valence-electron chi connectivity index (χ2n) is 6.84. The number of hydrogen-bond acceptors (Lipinski definition) is 6. The summed E-state index contributed by atoms with van der Waals surface area (Å²) < 4.78 is 37.0. The summed E-state index contributed by atoms with van der Waals surface area (Å²) in [4.78, 5) is 24.0. The number of ether oxygens (including phenoxy) is 2. The van der Waals surface area contributed by atoms with Crippen LogP contribution < -0.4 is 10.6 Å². The van der Waals surface area contributed by atoms with Crippen LogP contribution in [0.25, 0.3) is 0 Å². The lowest BCUT2D eigenvalue weighted by Gasteiger charge is -2.13. The third kappa shape index (κ3) is 5.50. The summed E-state index contributed by atoms with van der Waals surface area (Å²) in [5, 5.41) is 15.6. The van der Waals surface area contributed by atoms with Gasteiger partial charge in [-0.15, -0.1) is 0 Å². The number of aromatic amines is 1. The van der Waals surface area contributed by atoms with Crippen molar-refractivity contribution < 1.29 is 27.8 Å². The van der Waals surface area contributed by atoms with E-state index in [0.29, 0.717) is 12.1 Å². The summed E-state index contributed by atoms with van der Waals surface area (Å²) in [7, 11) is 0. The molecule has 12 heteroatoms. The van der Waals surface area contributed by atoms with E-state index < -0.39 is 31.1 Å². The largest absolute Gasteiger partial charge is 0.444 e. The van der Waals surface area contributed by atoms with Crippen molar-refractivity contribution in [1.82, 2.24) is 25.3 Å². The molecule has 2 aromatic rings. The van der Waals surface area contributed by atoms with Crippen molar-refractivity contribution >= 4 is 17.8 Å². The maximum atomic E-state index is 12.6. The molecule has 2 atom stereocenters. The number of amides is 2. The Morgan fingerprint density at radius 2 is 2.24 bits per heavy atom. The maximum absolute atomic E-state index is 12.6. The first-order valence-electron chi connectivity index (χ1n) is 9.07. The summed E-state index contributed by atoms with van der Waals surface area (Å²) in [6.45, 7) is 3.22. The van der Waals surface area contributed by atoms with Crippen LogP contribution in [0, 0.1) is 0 Å². The van der Waals surface area contributed by atoms with E-state index in [0.717, 1.165) is 4.68 Å². The SMILES string of the molecule is CC(C)NC(=O)O[C@@H]1CO[C@H](c2cc(NC(=O)c3ccnn3CC(F)F)n[nH]2)C1. The van der Waals surface area contributed by atoms with Gasteiger partial charge in [-0.3, -0.25) is 14.6 Å². The number of hydrogen-bond donors (Lipinski definition) is 3. The third-order valence-corrected chi connectivity index (χ3v) is 4.09. The van der Waals surface area contributed by atoms with Gasteiger partial charge in [-0.25, -0.2) is 13.6 Å². The van der Waals surface area contributed by atoms with Crippen molar-refractivity contribution in [2.75, 3.05) is 11.9 Å². The number of halogens is 2. The normalized spacial score (nSPS) is 19.0. The topological polar surface area (TPSA) is 123 Å². The number of H-pyrrole nitrogens is 1. The fraction of sp³-hybridized carbons (Fsp3) is 0.529. The molecular formula is C17H22F2N6O4. The highest BCUT2D eigenvalue weighted by Gasteiger charge is 2.31. The number of aromatic nitrogens is 4. The number of alkyl carbamates (subject to hydrolysis) is 1. The van der Waals surface area contributed by atoms with E-state index in [1.807, 2.05) is 13.8 Å². The fourth-order valence-corrected chi connectivity index (χ4v) is 2.87. The Morgan fingerprint density at radius 3 is 2.97 bits per heavy atom. The number of carbonyl (C=O) groups is 2. The molecule has 3 rings (SSSR count). The molecule has 1 aliphatic heterocycles.